The Morgan fingerprint density at radius 1 is 1.23 bits per heavy atom. The second-order valence-electron chi connectivity index (χ2n) is 6.51. The van der Waals surface area contributed by atoms with E-state index in [-0.39, 0.29) is 31.2 Å². The summed E-state index contributed by atoms with van der Waals surface area (Å²) in [6.07, 6.45) is 2.98. The molecule has 3 rings (SSSR count). The molecular weight excluding hydrogens is 342 g/mol. The summed E-state index contributed by atoms with van der Waals surface area (Å²) in [5, 5.41) is 13.3. The van der Waals surface area contributed by atoms with Crippen LogP contribution in [0.1, 0.15) is 37.7 Å². The number of hydrogen-bond donors (Lipinski definition) is 1. The first-order valence-electron chi connectivity index (χ1n) is 8.44. The average Bonchev–Trinajstić information content (AvgIpc) is 3.18. The monoisotopic (exact) mass is 361 g/mol. The number of carbonyl (C=O) groups excluding carboxylic acids is 3. The first-order chi connectivity index (χ1) is 12.4. The molecule has 1 N–H and O–H groups in total. The molecule has 1 aliphatic heterocycles. The van der Waals surface area contributed by atoms with E-state index >= 15 is 0 Å². The van der Waals surface area contributed by atoms with Crippen molar-refractivity contribution < 1.29 is 24.0 Å². The summed E-state index contributed by atoms with van der Waals surface area (Å²) in [4.78, 5) is 47.5. The van der Waals surface area contributed by atoms with Crippen molar-refractivity contribution >= 4 is 23.6 Å². The van der Waals surface area contributed by atoms with Gasteiger partial charge in [0.1, 0.15) is 12.1 Å². The number of carbonyl (C=O) groups is 3. The topological polar surface area (TPSA) is 119 Å². The summed E-state index contributed by atoms with van der Waals surface area (Å²) in [5.41, 5.74) is -0.206. The van der Waals surface area contributed by atoms with Gasteiger partial charge in [-0.25, -0.2) is 4.79 Å². The van der Waals surface area contributed by atoms with Crippen LogP contribution in [0.25, 0.3) is 0 Å². The van der Waals surface area contributed by atoms with Crippen LogP contribution in [0.3, 0.4) is 0 Å². The summed E-state index contributed by atoms with van der Waals surface area (Å²) < 4.78 is 5.10. The Balaban J connectivity index is 1.47. The fraction of sp³-hybridized carbons (Fsp3) is 0.471. The third-order valence-electron chi connectivity index (χ3n) is 4.79. The van der Waals surface area contributed by atoms with E-state index in [0.29, 0.717) is 18.4 Å². The van der Waals surface area contributed by atoms with Crippen molar-refractivity contribution in [3.63, 3.8) is 0 Å². The molecule has 2 aliphatic rings. The van der Waals surface area contributed by atoms with Gasteiger partial charge in [0.2, 0.25) is 0 Å². The first kappa shape index (κ1) is 17.8. The van der Waals surface area contributed by atoms with Crippen LogP contribution in [-0.2, 0) is 20.9 Å². The van der Waals surface area contributed by atoms with Crippen LogP contribution in [0.4, 0.5) is 10.5 Å². The fourth-order valence-electron chi connectivity index (χ4n) is 3.35. The van der Waals surface area contributed by atoms with E-state index in [2.05, 4.69) is 5.32 Å². The third kappa shape index (κ3) is 3.51. The molecule has 3 amide bonds. The molecule has 1 aliphatic carbocycles. The smallest absolute Gasteiger partial charge is 0.325 e. The maximum absolute atomic E-state index is 12.5. The van der Waals surface area contributed by atoms with Gasteiger partial charge in [-0.1, -0.05) is 12.8 Å². The molecule has 1 saturated heterocycles. The van der Waals surface area contributed by atoms with Gasteiger partial charge in [-0.2, -0.15) is 0 Å². The van der Waals surface area contributed by atoms with Crippen molar-refractivity contribution in [2.24, 2.45) is 0 Å². The van der Waals surface area contributed by atoms with E-state index < -0.39 is 22.5 Å². The largest absolute Gasteiger partial charge is 0.461 e. The van der Waals surface area contributed by atoms with Gasteiger partial charge in [-0.05, 0) is 30.5 Å². The normalized spacial score (nSPS) is 18.2. The number of imide groups is 1. The zero-order chi connectivity index (χ0) is 18.7. The molecule has 0 atom stereocenters. The van der Waals surface area contributed by atoms with Gasteiger partial charge >= 0.3 is 12.0 Å². The number of nitrogens with zero attached hydrogens (tertiary/aromatic N) is 2. The Bertz CT molecular complexity index is 739. The van der Waals surface area contributed by atoms with Gasteiger partial charge < -0.3 is 10.1 Å². The number of urea groups is 1. The number of esters is 1. The van der Waals surface area contributed by atoms with Gasteiger partial charge in [-0.15, -0.1) is 0 Å². The molecule has 0 radical (unpaired) electrons. The summed E-state index contributed by atoms with van der Waals surface area (Å²) in [7, 11) is 0. The van der Waals surface area contributed by atoms with Gasteiger partial charge in [0.15, 0.2) is 0 Å². The number of nitrogens with one attached hydrogen (secondary N) is 1. The zero-order valence-corrected chi connectivity index (χ0v) is 14.1. The summed E-state index contributed by atoms with van der Waals surface area (Å²) in [5.74, 6) is -0.806. The van der Waals surface area contributed by atoms with E-state index in [4.69, 9.17) is 4.74 Å². The summed E-state index contributed by atoms with van der Waals surface area (Å²) >= 11 is 0. The van der Waals surface area contributed by atoms with Gasteiger partial charge in [0.05, 0.1) is 11.3 Å². The number of nitro groups is 1. The van der Waals surface area contributed by atoms with Gasteiger partial charge in [-0.3, -0.25) is 24.6 Å². The van der Waals surface area contributed by atoms with Crippen molar-refractivity contribution in [2.75, 3.05) is 6.54 Å². The van der Waals surface area contributed by atoms with E-state index in [1.54, 1.807) is 0 Å². The molecular formula is C17H19N3O6. The second kappa shape index (κ2) is 7.11. The lowest BCUT2D eigenvalue weighted by molar-refractivity contribution is -0.384. The van der Waals surface area contributed by atoms with E-state index in [1.165, 1.54) is 24.3 Å². The van der Waals surface area contributed by atoms with Gasteiger partial charge in [0, 0.05) is 18.7 Å². The predicted molar refractivity (Wildman–Crippen MR) is 89.0 cm³/mol. The highest BCUT2D eigenvalue weighted by atomic mass is 16.6. The van der Waals surface area contributed by atoms with Crippen LogP contribution in [0.15, 0.2) is 24.3 Å². The van der Waals surface area contributed by atoms with Crippen LogP contribution >= 0.6 is 0 Å². The SMILES string of the molecule is O=C(CCN1C(=O)NC2(CCCC2)C1=O)OCc1ccc([N+](=O)[O-])cc1. The molecule has 138 valence electrons. The number of amides is 3. The number of non-ortho nitro benzene ring substituents is 1. The maximum atomic E-state index is 12.5. The highest BCUT2D eigenvalue weighted by Gasteiger charge is 2.52. The molecule has 1 aromatic carbocycles. The molecule has 0 unspecified atom stereocenters. The van der Waals surface area contributed by atoms with Crippen molar-refractivity contribution in [1.29, 1.82) is 0 Å². The Kier molecular flexibility index (Phi) is 4.88. The lowest BCUT2D eigenvalue weighted by atomic mass is 9.98. The van der Waals surface area contributed by atoms with Gasteiger partial charge in [0.25, 0.3) is 11.6 Å². The molecule has 1 saturated carbocycles. The molecule has 2 fully saturated rings. The fourth-order valence-corrected chi connectivity index (χ4v) is 3.35. The zero-order valence-electron chi connectivity index (χ0n) is 14.1. The molecule has 1 aromatic rings. The Morgan fingerprint density at radius 3 is 2.50 bits per heavy atom. The standard InChI is InChI=1S/C17H19N3O6/c21-14(26-11-12-3-5-13(6-4-12)20(24)25)7-10-19-15(22)17(18-16(19)23)8-1-2-9-17/h3-6H,1-2,7-11H2,(H,18,23). The second-order valence-corrected chi connectivity index (χ2v) is 6.51. The minimum Gasteiger partial charge on any atom is -0.461 e. The van der Waals surface area contributed by atoms with Crippen LogP contribution in [0.5, 0.6) is 0 Å². The van der Waals surface area contributed by atoms with E-state index in [1.807, 2.05) is 0 Å². The van der Waals surface area contributed by atoms with Crippen molar-refractivity contribution in [3.8, 4) is 0 Å². The summed E-state index contributed by atoms with van der Waals surface area (Å²) in [6.45, 7) is -0.0492. The first-order valence-corrected chi connectivity index (χ1v) is 8.44. The molecule has 9 nitrogen and oxygen atoms in total. The Morgan fingerprint density at radius 2 is 1.88 bits per heavy atom. The molecule has 1 spiro atoms. The Hall–Kier alpha value is -2.97. The average molecular weight is 361 g/mol. The molecule has 26 heavy (non-hydrogen) atoms. The number of benzene rings is 1. The maximum Gasteiger partial charge on any atom is 0.325 e. The number of nitro benzene ring substituents is 1. The van der Waals surface area contributed by atoms with E-state index in [9.17, 15) is 24.5 Å². The number of hydrogen-bond acceptors (Lipinski definition) is 6. The van der Waals surface area contributed by atoms with Crippen molar-refractivity contribution in [3.05, 3.63) is 39.9 Å². The molecule has 9 heteroatoms. The Labute approximate surface area is 149 Å². The van der Waals surface area contributed by atoms with Crippen molar-refractivity contribution in [2.45, 2.75) is 44.2 Å². The van der Waals surface area contributed by atoms with E-state index in [0.717, 1.165) is 17.7 Å². The lowest BCUT2D eigenvalue weighted by Crippen LogP contribution is -2.44. The molecule has 0 aromatic heterocycles. The number of rotatable bonds is 6. The van der Waals surface area contributed by atoms with Crippen LogP contribution in [0, 0.1) is 10.1 Å². The highest BCUT2D eigenvalue weighted by Crippen LogP contribution is 2.35. The molecule has 1 heterocycles. The minimum absolute atomic E-state index is 0.0223. The molecule has 0 bridgehead atoms. The third-order valence-corrected chi connectivity index (χ3v) is 4.79. The quantitative estimate of drug-likeness (QED) is 0.358. The van der Waals surface area contributed by atoms with Crippen molar-refractivity contribution in [1.82, 2.24) is 10.2 Å². The van der Waals surface area contributed by atoms with Crippen LogP contribution in [-0.4, -0.2) is 39.8 Å². The number of ether oxygens (including phenoxy) is 1. The predicted octanol–water partition coefficient (Wildman–Crippen LogP) is 1.89. The minimum atomic E-state index is -0.778. The van der Waals surface area contributed by atoms with Crippen LogP contribution < -0.4 is 5.32 Å². The summed E-state index contributed by atoms with van der Waals surface area (Å²) in [6, 6.07) is 5.22. The lowest BCUT2D eigenvalue weighted by Gasteiger charge is -2.19. The van der Waals surface area contributed by atoms with Crippen LogP contribution in [0.2, 0.25) is 0 Å². The highest BCUT2D eigenvalue weighted by molar-refractivity contribution is 6.07.